The first-order chi connectivity index (χ1) is 5.90. The average molecular weight is 162 g/mol. The van der Waals surface area contributed by atoms with Crippen LogP contribution in [0.2, 0.25) is 0 Å². The van der Waals surface area contributed by atoms with Crippen molar-refractivity contribution >= 4 is 12.1 Å². The van der Waals surface area contributed by atoms with Crippen molar-refractivity contribution in [3.63, 3.8) is 0 Å². The maximum atomic E-state index is 10.3. The molecular formula is C9H10N2O. The van der Waals surface area contributed by atoms with Gasteiger partial charge in [-0.15, -0.1) is 0 Å². The van der Waals surface area contributed by atoms with E-state index in [4.69, 9.17) is 0 Å². The molecule has 2 rings (SSSR count). The fourth-order valence-corrected chi connectivity index (χ4v) is 1.20. The Morgan fingerprint density at radius 2 is 2.25 bits per heavy atom. The van der Waals surface area contributed by atoms with Crippen LogP contribution in [0, 0.1) is 0 Å². The normalized spacial score (nSPS) is 15.5. The third-order valence-corrected chi connectivity index (χ3v) is 2.09. The second-order valence-corrected chi connectivity index (χ2v) is 2.91. The Balaban J connectivity index is 2.18. The molecule has 62 valence electrons. The van der Waals surface area contributed by atoms with Crippen molar-refractivity contribution in [2.24, 2.45) is 0 Å². The Morgan fingerprint density at radius 3 is 2.67 bits per heavy atom. The number of pyridine rings is 1. The fraction of sp³-hybridized carbons (Fsp3) is 0.333. The predicted molar refractivity (Wildman–Crippen MR) is 46.5 cm³/mol. The molecule has 1 aromatic heterocycles. The van der Waals surface area contributed by atoms with Crippen molar-refractivity contribution in [2.45, 2.75) is 6.42 Å². The highest BCUT2D eigenvalue weighted by Gasteiger charge is 2.14. The lowest BCUT2D eigenvalue weighted by Gasteiger charge is -2.31. The van der Waals surface area contributed by atoms with Crippen molar-refractivity contribution in [1.29, 1.82) is 0 Å². The standard InChI is InChI=1S/C9H10N2O/c12-7-8-2-3-9(10-6-8)11-4-1-5-11/h2-3,6-7H,1,4-5H2. The van der Waals surface area contributed by atoms with Gasteiger partial charge in [-0.1, -0.05) is 0 Å². The van der Waals surface area contributed by atoms with E-state index in [-0.39, 0.29) is 0 Å². The van der Waals surface area contributed by atoms with E-state index in [2.05, 4.69) is 9.88 Å². The Bertz CT molecular complexity index is 277. The minimum Gasteiger partial charge on any atom is -0.356 e. The average Bonchev–Trinajstić information content (AvgIpc) is 2.03. The minimum absolute atomic E-state index is 0.638. The van der Waals surface area contributed by atoms with Gasteiger partial charge in [-0.05, 0) is 18.6 Å². The zero-order chi connectivity index (χ0) is 8.39. The van der Waals surface area contributed by atoms with Gasteiger partial charge in [0.15, 0.2) is 6.29 Å². The number of hydrogen-bond acceptors (Lipinski definition) is 3. The smallest absolute Gasteiger partial charge is 0.151 e. The Labute approximate surface area is 71.0 Å². The second kappa shape index (κ2) is 2.93. The maximum absolute atomic E-state index is 10.3. The van der Waals surface area contributed by atoms with Gasteiger partial charge in [0.2, 0.25) is 0 Å². The van der Waals surface area contributed by atoms with Crippen molar-refractivity contribution < 1.29 is 4.79 Å². The Hall–Kier alpha value is -1.38. The number of aldehydes is 1. The molecule has 2 heterocycles. The molecule has 1 aromatic rings. The Kier molecular flexibility index (Phi) is 1.78. The molecule has 1 saturated heterocycles. The number of aromatic nitrogens is 1. The highest BCUT2D eigenvalue weighted by atomic mass is 16.1. The molecule has 3 nitrogen and oxygen atoms in total. The van der Waals surface area contributed by atoms with Gasteiger partial charge in [-0.2, -0.15) is 0 Å². The molecule has 0 aromatic carbocycles. The molecule has 0 amide bonds. The predicted octanol–water partition coefficient (Wildman–Crippen LogP) is 1.10. The van der Waals surface area contributed by atoms with Crippen molar-refractivity contribution in [1.82, 2.24) is 4.98 Å². The maximum Gasteiger partial charge on any atom is 0.151 e. The van der Waals surface area contributed by atoms with Crippen LogP contribution in [-0.2, 0) is 0 Å². The summed E-state index contributed by atoms with van der Waals surface area (Å²) in [7, 11) is 0. The summed E-state index contributed by atoms with van der Waals surface area (Å²) in [5.41, 5.74) is 0.638. The van der Waals surface area contributed by atoms with Crippen LogP contribution in [0.3, 0.4) is 0 Å². The fourth-order valence-electron chi connectivity index (χ4n) is 1.20. The van der Waals surface area contributed by atoms with Crippen LogP contribution >= 0.6 is 0 Å². The number of rotatable bonds is 2. The zero-order valence-electron chi connectivity index (χ0n) is 6.73. The summed E-state index contributed by atoms with van der Waals surface area (Å²) in [6.07, 6.45) is 3.67. The first-order valence-corrected chi connectivity index (χ1v) is 4.06. The Morgan fingerprint density at radius 1 is 1.42 bits per heavy atom. The number of nitrogens with zero attached hydrogens (tertiary/aromatic N) is 2. The van der Waals surface area contributed by atoms with E-state index in [1.54, 1.807) is 12.3 Å². The van der Waals surface area contributed by atoms with E-state index in [1.807, 2.05) is 6.07 Å². The highest BCUT2D eigenvalue weighted by molar-refractivity contribution is 5.74. The summed E-state index contributed by atoms with van der Waals surface area (Å²) >= 11 is 0. The molecule has 0 unspecified atom stereocenters. The van der Waals surface area contributed by atoms with Crippen LogP contribution in [0.1, 0.15) is 16.8 Å². The molecule has 0 spiro atoms. The quantitative estimate of drug-likeness (QED) is 0.610. The van der Waals surface area contributed by atoms with E-state index < -0.39 is 0 Å². The molecule has 3 heteroatoms. The second-order valence-electron chi connectivity index (χ2n) is 2.91. The number of carbonyl (C=O) groups is 1. The van der Waals surface area contributed by atoms with E-state index in [9.17, 15) is 4.79 Å². The van der Waals surface area contributed by atoms with Crippen molar-refractivity contribution in [3.05, 3.63) is 23.9 Å². The molecule has 0 atom stereocenters. The molecule has 12 heavy (non-hydrogen) atoms. The SMILES string of the molecule is O=Cc1ccc(N2CCC2)nc1. The molecule has 0 radical (unpaired) electrons. The summed E-state index contributed by atoms with van der Waals surface area (Å²) in [6.45, 7) is 2.18. The van der Waals surface area contributed by atoms with Gasteiger partial charge in [0.1, 0.15) is 5.82 Å². The third-order valence-electron chi connectivity index (χ3n) is 2.09. The zero-order valence-corrected chi connectivity index (χ0v) is 6.73. The van der Waals surface area contributed by atoms with E-state index >= 15 is 0 Å². The molecule has 1 aliphatic rings. The van der Waals surface area contributed by atoms with Gasteiger partial charge >= 0.3 is 0 Å². The summed E-state index contributed by atoms with van der Waals surface area (Å²) in [5, 5.41) is 0. The lowest BCUT2D eigenvalue weighted by atomic mass is 10.2. The van der Waals surface area contributed by atoms with Gasteiger partial charge in [-0.25, -0.2) is 4.98 Å². The molecule has 1 aliphatic heterocycles. The minimum atomic E-state index is 0.638. The summed E-state index contributed by atoms with van der Waals surface area (Å²) in [5.74, 6) is 0.979. The van der Waals surface area contributed by atoms with Gasteiger partial charge in [0.25, 0.3) is 0 Å². The van der Waals surface area contributed by atoms with Crippen LogP contribution < -0.4 is 4.90 Å². The summed E-state index contributed by atoms with van der Waals surface area (Å²) in [4.78, 5) is 16.7. The first-order valence-electron chi connectivity index (χ1n) is 4.06. The van der Waals surface area contributed by atoms with E-state index in [0.29, 0.717) is 5.56 Å². The largest absolute Gasteiger partial charge is 0.356 e. The molecular weight excluding hydrogens is 152 g/mol. The van der Waals surface area contributed by atoms with Crippen LogP contribution in [-0.4, -0.2) is 24.4 Å². The van der Waals surface area contributed by atoms with E-state index in [0.717, 1.165) is 25.2 Å². The lowest BCUT2D eigenvalue weighted by molar-refractivity contribution is 0.112. The van der Waals surface area contributed by atoms with Crippen molar-refractivity contribution in [2.75, 3.05) is 18.0 Å². The first kappa shape index (κ1) is 7.28. The molecule has 0 aliphatic carbocycles. The highest BCUT2D eigenvalue weighted by Crippen LogP contribution is 2.16. The topological polar surface area (TPSA) is 33.2 Å². The van der Waals surface area contributed by atoms with Crippen molar-refractivity contribution in [3.8, 4) is 0 Å². The van der Waals surface area contributed by atoms with Crippen LogP contribution in [0.4, 0.5) is 5.82 Å². The molecule has 0 bridgehead atoms. The third kappa shape index (κ3) is 1.18. The molecule has 0 N–H and O–H groups in total. The number of carbonyl (C=O) groups excluding carboxylic acids is 1. The molecule has 0 saturated carbocycles. The number of anilines is 1. The van der Waals surface area contributed by atoms with E-state index in [1.165, 1.54) is 6.42 Å². The molecule has 1 fully saturated rings. The monoisotopic (exact) mass is 162 g/mol. The van der Waals surface area contributed by atoms with Gasteiger partial charge in [-0.3, -0.25) is 4.79 Å². The van der Waals surface area contributed by atoms with Crippen LogP contribution in [0.5, 0.6) is 0 Å². The summed E-state index contributed by atoms with van der Waals surface area (Å²) < 4.78 is 0. The number of hydrogen-bond donors (Lipinski definition) is 0. The van der Waals surface area contributed by atoms with Gasteiger partial charge < -0.3 is 4.90 Å². The van der Waals surface area contributed by atoms with Crippen LogP contribution in [0.15, 0.2) is 18.3 Å². The lowest BCUT2D eigenvalue weighted by Crippen LogP contribution is -2.37. The van der Waals surface area contributed by atoms with Gasteiger partial charge in [0, 0.05) is 24.8 Å². The summed E-state index contributed by atoms with van der Waals surface area (Å²) in [6, 6.07) is 3.69. The van der Waals surface area contributed by atoms with Crippen LogP contribution in [0.25, 0.3) is 0 Å². The van der Waals surface area contributed by atoms with Gasteiger partial charge in [0.05, 0.1) is 0 Å².